The summed E-state index contributed by atoms with van der Waals surface area (Å²) >= 11 is 0. The van der Waals surface area contributed by atoms with E-state index < -0.39 is 45.5 Å². The fraction of sp³-hybridized carbons (Fsp3) is 0.586. The molecule has 1 aliphatic rings. The lowest BCUT2D eigenvalue weighted by molar-refractivity contribution is -0.0737. The summed E-state index contributed by atoms with van der Waals surface area (Å²) < 4.78 is 8.17. The summed E-state index contributed by atoms with van der Waals surface area (Å²) in [5, 5.41) is 35.6. The number of hydrogen-bond acceptors (Lipinski definition) is 8. The molecule has 41 heavy (non-hydrogen) atoms. The third-order valence-corrected chi connectivity index (χ3v) is 23.3. The van der Waals surface area contributed by atoms with Gasteiger partial charge in [-0.15, -0.1) is 0 Å². The zero-order chi connectivity index (χ0) is 30.8. The summed E-state index contributed by atoms with van der Waals surface area (Å²) in [4.78, 5) is 26.2. The van der Waals surface area contributed by atoms with E-state index in [-0.39, 0.29) is 21.8 Å². The molecular weight excluding hydrogens is 555 g/mol. The van der Waals surface area contributed by atoms with E-state index >= 15 is 0 Å². The molecule has 0 unspecified atom stereocenters. The lowest BCUT2D eigenvalue weighted by atomic mass is 10.1. The third-order valence-electron chi connectivity index (χ3n) is 10.4. The number of rotatable bonds is 6. The number of hydrogen-bond donors (Lipinski definition) is 4. The van der Waals surface area contributed by atoms with Gasteiger partial charge < -0.3 is 25.4 Å². The zero-order valence-corrected chi connectivity index (χ0v) is 27.9. The number of imidazole rings is 1. The molecule has 0 saturated carbocycles. The first-order valence-corrected chi connectivity index (χ1v) is 20.0. The van der Waals surface area contributed by atoms with Crippen LogP contribution in [0.5, 0.6) is 0 Å². The molecule has 1 fully saturated rings. The van der Waals surface area contributed by atoms with Crippen molar-refractivity contribution in [3.8, 4) is 0 Å². The van der Waals surface area contributed by atoms with E-state index in [0.29, 0.717) is 16.7 Å². The third kappa shape index (κ3) is 4.42. The first-order valence-electron chi connectivity index (χ1n) is 14.0. The molecular formula is C29H45N5O5Si2. The van der Waals surface area contributed by atoms with Crippen molar-refractivity contribution in [1.82, 2.24) is 19.5 Å². The number of aliphatic hydroxyl groups is 3. The fourth-order valence-corrected chi connectivity index (χ4v) is 14.1. The summed E-state index contributed by atoms with van der Waals surface area (Å²) in [7, 11) is -5.79. The molecule has 0 radical (unpaired) electrons. The molecule has 3 heterocycles. The number of carbonyl (C=O) groups excluding carboxylic acids is 1. The van der Waals surface area contributed by atoms with Gasteiger partial charge in [0, 0.05) is 5.56 Å². The number of anilines is 1. The van der Waals surface area contributed by atoms with Crippen LogP contribution in [0.15, 0.2) is 43.0 Å². The number of nitrogens with one attached hydrogen (secondary N) is 1. The van der Waals surface area contributed by atoms with E-state index in [0.717, 1.165) is 0 Å². The van der Waals surface area contributed by atoms with E-state index in [1.807, 2.05) is 6.07 Å². The smallest absolute Gasteiger partial charge is 0.256 e. The van der Waals surface area contributed by atoms with Crippen LogP contribution < -0.4 is 5.32 Å². The second kappa shape index (κ2) is 10.1. The highest BCUT2D eigenvalue weighted by Gasteiger charge is 2.79. The highest BCUT2D eigenvalue weighted by atomic mass is 28.3. The Balaban J connectivity index is 1.94. The Bertz CT molecular complexity index is 1430. The summed E-state index contributed by atoms with van der Waals surface area (Å²) in [5.41, 5.74) is 1.12. The lowest BCUT2D eigenvalue weighted by Gasteiger charge is -2.61. The summed E-state index contributed by atoms with van der Waals surface area (Å²) in [6.07, 6.45) is 0.693. The summed E-state index contributed by atoms with van der Waals surface area (Å²) in [6.45, 7) is 20.3. The molecule has 12 heteroatoms. The monoisotopic (exact) mass is 599 g/mol. The fourth-order valence-electron chi connectivity index (χ4n) is 5.92. The van der Waals surface area contributed by atoms with Crippen molar-refractivity contribution < 1.29 is 24.9 Å². The molecule has 10 nitrogen and oxygen atoms in total. The molecule has 0 bridgehead atoms. The molecule has 4 atom stereocenters. The van der Waals surface area contributed by atoms with E-state index in [2.05, 4.69) is 88.0 Å². The van der Waals surface area contributed by atoms with Gasteiger partial charge >= 0.3 is 0 Å². The van der Waals surface area contributed by atoms with Gasteiger partial charge in [-0.3, -0.25) is 9.36 Å². The first-order chi connectivity index (χ1) is 18.8. The molecule has 1 aromatic carbocycles. The number of benzene rings is 1. The predicted octanol–water partition coefficient (Wildman–Crippen LogP) is 4.53. The summed E-state index contributed by atoms with van der Waals surface area (Å²) in [6, 6.07) is 8.79. The molecule has 0 aliphatic carbocycles. The van der Waals surface area contributed by atoms with Crippen molar-refractivity contribution in [3.63, 3.8) is 0 Å². The second-order valence-electron chi connectivity index (χ2n) is 14.3. The van der Waals surface area contributed by atoms with Crippen molar-refractivity contribution in [2.75, 3.05) is 11.9 Å². The minimum Gasteiger partial charge on any atom is -0.394 e. The number of aliphatic hydroxyl groups excluding tert-OH is 1. The van der Waals surface area contributed by atoms with Crippen molar-refractivity contribution in [2.24, 2.45) is 0 Å². The van der Waals surface area contributed by atoms with E-state index in [4.69, 9.17) is 4.74 Å². The van der Waals surface area contributed by atoms with Crippen LogP contribution in [0, 0.1) is 0 Å². The number of nitrogens with zero attached hydrogens (tertiary/aromatic N) is 4. The van der Waals surface area contributed by atoms with Crippen molar-refractivity contribution in [1.29, 1.82) is 0 Å². The molecule has 224 valence electrons. The van der Waals surface area contributed by atoms with Crippen LogP contribution in [-0.4, -0.2) is 80.1 Å². The Morgan fingerprint density at radius 2 is 1.51 bits per heavy atom. The van der Waals surface area contributed by atoms with Gasteiger partial charge in [0.1, 0.15) is 22.9 Å². The van der Waals surface area contributed by atoms with Gasteiger partial charge in [0.2, 0.25) is 0 Å². The first kappa shape index (κ1) is 31.4. The topological polar surface area (TPSA) is 143 Å². The van der Waals surface area contributed by atoms with Crippen LogP contribution in [0.3, 0.4) is 0 Å². The molecule has 3 aromatic rings. The van der Waals surface area contributed by atoms with Gasteiger partial charge in [-0.2, -0.15) is 0 Å². The number of amides is 1. The van der Waals surface area contributed by atoms with Gasteiger partial charge in [-0.1, -0.05) is 85.9 Å². The van der Waals surface area contributed by atoms with Crippen LogP contribution in [0.4, 0.5) is 5.82 Å². The quantitative estimate of drug-likeness (QED) is 0.303. The lowest BCUT2D eigenvalue weighted by Crippen LogP contribution is -2.82. The summed E-state index contributed by atoms with van der Waals surface area (Å²) in [5.74, 6) is -0.127. The standard InChI is InChI=1S/C29H45N5O5Si2/c1-26(2,3)40(7,8)28(37)20(16-35)39-25(29(28,38)41(9,10)27(4,5)6)34-18-32-21-22(30-17-31-23(21)34)33-24(36)19-14-12-11-13-15-19/h11-15,17-18,20,25,35,37-38H,16H2,1-10H3,(H,30,31,33,36)/t20-,25-,28+,29-/m1/s1. The van der Waals surface area contributed by atoms with Crippen LogP contribution in [0.25, 0.3) is 11.2 Å². The number of fused-ring (bicyclic) bond motifs is 1. The zero-order valence-electron chi connectivity index (χ0n) is 25.9. The van der Waals surface area contributed by atoms with Gasteiger partial charge in [-0.25, -0.2) is 15.0 Å². The Morgan fingerprint density at radius 3 is 2.05 bits per heavy atom. The van der Waals surface area contributed by atoms with Crippen LogP contribution in [-0.2, 0) is 4.74 Å². The average molecular weight is 600 g/mol. The van der Waals surface area contributed by atoms with Crippen molar-refractivity contribution >= 4 is 39.0 Å². The van der Waals surface area contributed by atoms with E-state index in [9.17, 15) is 20.1 Å². The Labute approximate surface area is 244 Å². The number of ether oxygens (including phenoxy) is 1. The predicted molar refractivity (Wildman–Crippen MR) is 165 cm³/mol. The maximum absolute atomic E-state index is 13.3. The van der Waals surface area contributed by atoms with E-state index in [1.165, 1.54) is 12.7 Å². The molecule has 2 aromatic heterocycles. The molecule has 4 rings (SSSR count). The van der Waals surface area contributed by atoms with Gasteiger partial charge in [0.15, 0.2) is 23.2 Å². The minimum absolute atomic E-state index is 0.217. The Morgan fingerprint density at radius 1 is 0.951 bits per heavy atom. The van der Waals surface area contributed by atoms with Crippen molar-refractivity contribution in [3.05, 3.63) is 48.5 Å². The molecule has 1 saturated heterocycles. The van der Waals surface area contributed by atoms with Gasteiger partial charge in [0.25, 0.3) is 5.91 Å². The van der Waals surface area contributed by atoms with Gasteiger partial charge in [0.05, 0.1) is 29.1 Å². The normalized spacial score (nSPS) is 26.0. The van der Waals surface area contributed by atoms with Crippen LogP contribution in [0.2, 0.25) is 36.3 Å². The minimum atomic E-state index is -2.93. The SMILES string of the molecule is CC(C)(C)[Si](C)(C)[C@@]1(O)[C@@H](CO)O[C@@H](n2cnc3c(NC(=O)c4ccccc4)ncnc32)[C@@]1(O)[Si](C)(C)C(C)(C)C. The molecule has 4 N–H and O–H groups in total. The molecule has 1 aliphatic heterocycles. The second-order valence-corrected chi connectivity index (χ2v) is 25.3. The highest BCUT2D eigenvalue weighted by Crippen LogP contribution is 2.62. The maximum Gasteiger partial charge on any atom is 0.256 e. The Hall–Kier alpha value is -2.49. The van der Waals surface area contributed by atoms with Crippen LogP contribution >= 0.6 is 0 Å². The highest BCUT2D eigenvalue weighted by molar-refractivity contribution is 6.89. The molecule has 0 spiro atoms. The molecule has 1 amide bonds. The Kier molecular flexibility index (Phi) is 7.72. The van der Waals surface area contributed by atoms with Crippen molar-refractivity contribution in [2.45, 2.75) is 101 Å². The van der Waals surface area contributed by atoms with Crippen LogP contribution in [0.1, 0.15) is 58.1 Å². The number of carbonyl (C=O) groups is 1. The maximum atomic E-state index is 13.3. The van der Waals surface area contributed by atoms with Gasteiger partial charge in [-0.05, 0) is 22.2 Å². The number of aromatic nitrogens is 4. The largest absolute Gasteiger partial charge is 0.394 e. The van der Waals surface area contributed by atoms with E-state index in [1.54, 1.807) is 28.8 Å². The average Bonchev–Trinajstić information content (AvgIpc) is 3.42.